The van der Waals surface area contributed by atoms with Crippen molar-refractivity contribution >= 4 is 23.6 Å². The Balaban J connectivity index is 1.56. The molecule has 0 radical (unpaired) electrons. The van der Waals surface area contributed by atoms with Gasteiger partial charge in [0.1, 0.15) is 11.5 Å². The molecule has 2 aliphatic rings. The van der Waals surface area contributed by atoms with Crippen molar-refractivity contribution in [3.8, 4) is 0 Å². The number of carbonyl (C=O) groups is 2. The maximum absolute atomic E-state index is 12.0. The van der Waals surface area contributed by atoms with Crippen LogP contribution in [0.1, 0.15) is 48.0 Å². The molecule has 6 nitrogen and oxygen atoms in total. The Morgan fingerprint density at radius 3 is 2.85 bits per heavy atom. The fourth-order valence-electron chi connectivity index (χ4n) is 2.39. The molecule has 7 heteroatoms. The summed E-state index contributed by atoms with van der Waals surface area (Å²) in [5, 5.41) is 11.3. The standard InChI is InChI=1S/C13H16N2O4S/c16-11(14-8-4-10(13(17)18)20-6-8)9-5-19-12(15-9)7-2-1-3-7/h5,7-8,10H,1-4,6H2,(H,14,16)(H,17,18)/t8-,10-/m0/s1. The number of hydrogen-bond donors (Lipinski definition) is 2. The first-order chi connectivity index (χ1) is 9.63. The molecular formula is C13H16N2O4S. The van der Waals surface area contributed by atoms with Gasteiger partial charge in [0.05, 0.1) is 0 Å². The van der Waals surface area contributed by atoms with Gasteiger partial charge in [0.15, 0.2) is 11.6 Å². The van der Waals surface area contributed by atoms with E-state index in [4.69, 9.17) is 9.52 Å². The summed E-state index contributed by atoms with van der Waals surface area (Å²) in [7, 11) is 0. The Morgan fingerprint density at radius 1 is 1.45 bits per heavy atom. The normalized spacial score (nSPS) is 26.2. The second-order valence-corrected chi connectivity index (χ2v) is 6.50. The highest BCUT2D eigenvalue weighted by Crippen LogP contribution is 2.35. The molecule has 2 atom stereocenters. The third-order valence-electron chi connectivity index (χ3n) is 3.82. The molecule has 3 rings (SSSR count). The van der Waals surface area contributed by atoms with E-state index in [1.54, 1.807) is 0 Å². The van der Waals surface area contributed by atoms with Crippen molar-refractivity contribution in [2.75, 3.05) is 5.75 Å². The van der Waals surface area contributed by atoms with Crippen LogP contribution in [-0.2, 0) is 4.79 Å². The SMILES string of the molecule is O=C(N[C@@H]1CS[C@H](C(=O)O)C1)c1coc(C2CCC2)n1. The van der Waals surface area contributed by atoms with E-state index in [-0.39, 0.29) is 17.6 Å². The lowest BCUT2D eigenvalue weighted by Gasteiger charge is -2.21. The zero-order valence-corrected chi connectivity index (χ0v) is 11.7. The molecule has 2 fully saturated rings. The van der Waals surface area contributed by atoms with Crippen molar-refractivity contribution in [3.63, 3.8) is 0 Å². The van der Waals surface area contributed by atoms with Gasteiger partial charge in [-0.2, -0.15) is 0 Å². The molecule has 20 heavy (non-hydrogen) atoms. The summed E-state index contributed by atoms with van der Waals surface area (Å²) < 4.78 is 5.34. The largest absolute Gasteiger partial charge is 0.480 e. The number of hydrogen-bond acceptors (Lipinski definition) is 5. The van der Waals surface area contributed by atoms with Gasteiger partial charge in [-0.05, 0) is 19.3 Å². The van der Waals surface area contributed by atoms with E-state index in [9.17, 15) is 9.59 Å². The summed E-state index contributed by atoms with van der Waals surface area (Å²) in [4.78, 5) is 27.1. The van der Waals surface area contributed by atoms with Crippen LogP contribution in [0.3, 0.4) is 0 Å². The van der Waals surface area contributed by atoms with Crippen LogP contribution in [0.4, 0.5) is 0 Å². The smallest absolute Gasteiger partial charge is 0.316 e. The Bertz CT molecular complexity index is 526. The average molecular weight is 296 g/mol. The number of aromatic nitrogens is 1. The van der Waals surface area contributed by atoms with E-state index >= 15 is 0 Å². The maximum atomic E-state index is 12.0. The zero-order chi connectivity index (χ0) is 14.1. The highest BCUT2D eigenvalue weighted by atomic mass is 32.2. The number of amides is 1. The van der Waals surface area contributed by atoms with Crippen molar-refractivity contribution in [2.24, 2.45) is 0 Å². The summed E-state index contributed by atoms with van der Waals surface area (Å²) in [6.45, 7) is 0. The van der Waals surface area contributed by atoms with Gasteiger partial charge in [-0.15, -0.1) is 11.8 Å². The molecule has 2 N–H and O–H groups in total. The first-order valence-corrected chi connectivity index (χ1v) is 7.79. The number of rotatable bonds is 4. The second-order valence-electron chi connectivity index (χ2n) is 5.27. The number of thioether (sulfide) groups is 1. The Morgan fingerprint density at radius 2 is 2.25 bits per heavy atom. The Kier molecular flexibility index (Phi) is 3.69. The fraction of sp³-hybridized carbons (Fsp3) is 0.615. The second kappa shape index (κ2) is 5.47. The quantitative estimate of drug-likeness (QED) is 0.877. The molecule has 1 saturated carbocycles. The number of aliphatic carboxylic acids is 1. The van der Waals surface area contributed by atoms with Crippen LogP contribution in [0.5, 0.6) is 0 Å². The first-order valence-electron chi connectivity index (χ1n) is 6.74. The minimum atomic E-state index is -0.819. The third kappa shape index (κ3) is 2.67. The van der Waals surface area contributed by atoms with Crippen molar-refractivity contribution in [2.45, 2.75) is 42.9 Å². The minimum Gasteiger partial charge on any atom is -0.480 e. The number of oxazole rings is 1. The third-order valence-corrected chi connectivity index (χ3v) is 5.21. The minimum absolute atomic E-state index is 0.113. The predicted molar refractivity (Wildman–Crippen MR) is 72.8 cm³/mol. The van der Waals surface area contributed by atoms with E-state index < -0.39 is 11.2 Å². The van der Waals surface area contributed by atoms with E-state index in [1.165, 1.54) is 24.4 Å². The number of carboxylic acid groups (broad SMARTS) is 1. The van der Waals surface area contributed by atoms with Crippen molar-refractivity contribution in [1.82, 2.24) is 10.3 Å². The summed E-state index contributed by atoms with van der Waals surface area (Å²) in [6.07, 6.45) is 5.17. The zero-order valence-electron chi connectivity index (χ0n) is 10.9. The number of carbonyl (C=O) groups excluding carboxylic acids is 1. The summed E-state index contributed by atoms with van der Waals surface area (Å²) in [5.41, 5.74) is 0.288. The van der Waals surface area contributed by atoms with Crippen LogP contribution in [-0.4, -0.2) is 39.0 Å². The van der Waals surface area contributed by atoms with Crippen LogP contribution in [0.25, 0.3) is 0 Å². The molecule has 1 aromatic heterocycles. The molecule has 108 valence electrons. The lowest BCUT2D eigenvalue weighted by Crippen LogP contribution is -2.35. The number of carboxylic acids is 1. The molecule has 1 aliphatic heterocycles. The van der Waals surface area contributed by atoms with Gasteiger partial charge in [0.25, 0.3) is 5.91 Å². The summed E-state index contributed by atoms with van der Waals surface area (Å²) in [6, 6.07) is -0.113. The summed E-state index contributed by atoms with van der Waals surface area (Å²) in [5.74, 6) is 0.521. The monoisotopic (exact) mass is 296 g/mol. The average Bonchev–Trinajstić information content (AvgIpc) is 2.95. The van der Waals surface area contributed by atoms with Crippen LogP contribution < -0.4 is 5.32 Å². The van der Waals surface area contributed by atoms with E-state index in [0.29, 0.717) is 24.0 Å². The van der Waals surface area contributed by atoms with Gasteiger partial charge in [-0.25, -0.2) is 4.98 Å². The molecule has 1 aliphatic carbocycles. The van der Waals surface area contributed by atoms with Gasteiger partial charge in [0, 0.05) is 17.7 Å². The van der Waals surface area contributed by atoms with Crippen molar-refractivity contribution in [3.05, 3.63) is 17.8 Å². The van der Waals surface area contributed by atoms with Crippen LogP contribution in [0, 0.1) is 0 Å². The van der Waals surface area contributed by atoms with Crippen LogP contribution >= 0.6 is 11.8 Å². The number of nitrogens with zero attached hydrogens (tertiary/aromatic N) is 1. The van der Waals surface area contributed by atoms with Gasteiger partial charge in [-0.3, -0.25) is 9.59 Å². The highest BCUT2D eigenvalue weighted by Gasteiger charge is 2.32. The van der Waals surface area contributed by atoms with Crippen LogP contribution in [0.15, 0.2) is 10.7 Å². The van der Waals surface area contributed by atoms with Gasteiger partial charge >= 0.3 is 5.97 Å². The molecule has 0 unspecified atom stereocenters. The molecular weight excluding hydrogens is 280 g/mol. The van der Waals surface area contributed by atoms with E-state index in [0.717, 1.165) is 12.8 Å². The Labute approximate surface area is 120 Å². The topological polar surface area (TPSA) is 92.4 Å². The van der Waals surface area contributed by atoms with E-state index in [1.807, 2.05) is 0 Å². The van der Waals surface area contributed by atoms with Crippen molar-refractivity contribution < 1.29 is 19.1 Å². The Hall–Kier alpha value is -1.50. The van der Waals surface area contributed by atoms with Gasteiger partial charge < -0.3 is 14.8 Å². The summed E-state index contributed by atoms with van der Waals surface area (Å²) >= 11 is 1.36. The fourth-order valence-corrected chi connectivity index (χ4v) is 3.59. The van der Waals surface area contributed by atoms with Crippen LogP contribution in [0.2, 0.25) is 0 Å². The lowest BCUT2D eigenvalue weighted by molar-refractivity contribution is -0.136. The highest BCUT2D eigenvalue weighted by molar-refractivity contribution is 8.00. The lowest BCUT2D eigenvalue weighted by atomic mass is 9.85. The molecule has 0 bridgehead atoms. The molecule has 1 aromatic rings. The molecule has 1 amide bonds. The first kappa shape index (κ1) is 13.5. The molecule has 0 spiro atoms. The molecule has 0 aromatic carbocycles. The van der Waals surface area contributed by atoms with Gasteiger partial charge in [0.2, 0.25) is 0 Å². The van der Waals surface area contributed by atoms with E-state index in [2.05, 4.69) is 10.3 Å². The maximum Gasteiger partial charge on any atom is 0.316 e. The van der Waals surface area contributed by atoms with Crippen molar-refractivity contribution in [1.29, 1.82) is 0 Å². The number of nitrogens with one attached hydrogen (secondary N) is 1. The molecule has 1 saturated heterocycles. The molecule has 2 heterocycles. The van der Waals surface area contributed by atoms with Gasteiger partial charge in [-0.1, -0.05) is 6.42 Å². The predicted octanol–water partition coefficient (Wildman–Crippen LogP) is 1.63.